The molecule has 0 bridgehead atoms. The Labute approximate surface area is 86.4 Å². The van der Waals surface area contributed by atoms with Crippen LogP contribution >= 0.6 is 0 Å². The summed E-state index contributed by atoms with van der Waals surface area (Å²) in [6.45, 7) is 9.12. The van der Waals surface area contributed by atoms with Crippen molar-refractivity contribution in [2.45, 2.75) is 39.0 Å². The standard InChI is InChI=1S/C11H21NO2/c1-9-5-11(6-12(9)4)13-7-10(2,3)8-14-11/h9H,5-8H2,1-4H3/t9-/m1/s1. The molecule has 2 rings (SSSR count). The van der Waals surface area contributed by atoms with Crippen molar-refractivity contribution in [1.82, 2.24) is 4.90 Å². The summed E-state index contributed by atoms with van der Waals surface area (Å²) in [5.74, 6) is -0.302. The number of hydrogen-bond donors (Lipinski definition) is 0. The molecule has 0 unspecified atom stereocenters. The second kappa shape index (κ2) is 3.19. The summed E-state index contributed by atoms with van der Waals surface area (Å²) in [5, 5.41) is 0. The number of likely N-dealkylation sites (tertiary alicyclic amines) is 1. The van der Waals surface area contributed by atoms with Gasteiger partial charge in [0.15, 0.2) is 5.79 Å². The Kier molecular flexibility index (Phi) is 2.37. The molecular formula is C11H21NO2. The minimum Gasteiger partial charge on any atom is -0.348 e. The largest absolute Gasteiger partial charge is 0.348 e. The van der Waals surface area contributed by atoms with E-state index >= 15 is 0 Å². The first-order valence-electron chi connectivity index (χ1n) is 5.41. The lowest BCUT2D eigenvalue weighted by molar-refractivity contribution is -0.290. The third-order valence-corrected chi connectivity index (χ3v) is 3.30. The molecule has 0 radical (unpaired) electrons. The maximum atomic E-state index is 5.92. The number of ether oxygens (including phenoxy) is 2. The lowest BCUT2D eigenvalue weighted by Crippen LogP contribution is -2.48. The lowest BCUT2D eigenvalue weighted by Gasteiger charge is -2.41. The Morgan fingerprint density at radius 3 is 2.21 bits per heavy atom. The minimum absolute atomic E-state index is 0.176. The van der Waals surface area contributed by atoms with Crippen LogP contribution in [0.25, 0.3) is 0 Å². The highest BCUT2D eigenvalue weighted by Gasteiger charge is 2.47. The van der Waals surface area contributed by atoms with Crippen molar-refractivity contribution < 1.29 is 9.47 Å². The normalized spacial score (nSPS) is 36.4. The highest BCUT2D eigenvalue weighted by atomic mass is 16.7. The van der Waals surface area contributed by atoms with Gasteiger partial charge in [0.25, 0.3) is 0 Å². The van der Waals surface area contributed by atoms with Gasteiger partial charge in [0.2, 0.25) is 0 Å². The Morgan fingerprint density at radius 2 is 1.79 bits per heavy atom. The molecule has 82 valence electrons. The summed E-state index contributed by atoms with van der Waals surface area (Å²) in [4.78, 5) is 2.30. The van der Waals surface area contributed by atoms with E-state index in [0.717, 1.165) is 26.2 Å². The van der Waals surface area contributed by atoms with E-state index in [0.29, 0.717) is 6.04 Å². The van der Waals surface area contributed by atoms with Crippen molar-refractivity contribution >= 4 is 0 Å². The van der Waals surface area contributed by atoms with E-state index in [1.165, 1.54) is 0 Å². The van der Waals surface area contributed by atoms with Gasteiger partial charge >= 0.3 is 0 Å². The Balaban J connectivity index is 2.01. The third kappa shape index (κ3) is 1.81. The molecule has 1 atom stereocenters. The van der Waals surface area contributed by atoms with Gasteiger partial charge in [-0.3, -0.25) is 4.90 Å². The van der Waals surface area contributed by atoms with Crippen molar-refractivity contribution in [1.29, 1.82) is 0 Å². The summed E-state index contributed by atoms with van der Waals surface area (Å²) in [6.07, 6.45) is 1.000. The summed E-state index contributed by atoms with van der Waals surface area (Å²) < 4.78 is 11.8. The van der Waals surface area contributed by atoms with Gasteiger partial charge in [0.05, 0.1) is 19.8 Å². The zero-order valence-corrected chi connectivity index (χ0v) is 9.67. The summed E-state index contributed by atoms with van der Waals surface area (Å²) in [5.41, 5.74) is 0.176. The summed E-state index contributed by atoms with van der Waals surface area (Å²) >= 11 is 0. The quantitative estimate of drug-likeness (QED) is 0.590. The van der Waals surface area contributed by atoms with E-state index in [1.54, 1.807) is 0 Å². The molecule has 14 heavy (non-hydrogen) atoms. The summed E-state index contributed by atoms with van der Waals surface area (Å²) in [6, 6.07) is 0.566. The fraction of sp³-hybridized carbons (Fsp3) is 1.00. The van der Waals surface area contributed by atoms with E-state index in [-0.39, 0.29) is 11.2 Å². The molecule has 0 amide bonds. The molecule has 2 heterocycles. The molecule has 2 fully saturated rings. The fourth-order valence-electron chi connectivity index (χ4n) is 2.15. The fourth-order valence-corrected chi connectivity index (χ4v) is 2.15. The first kappa shape index (κ1) is 10.4. The van der Waals surface area contributed by atoms with Crippen LogP contribution in [0.5, 0.6) is 0 Å². The Morgan fingerprint density at radius 1 is 1.21 bits per heavy atom. The molecule has 0 N–H and O–H groups in total. The SMILES string of the molecule is C[C@@H]1CC2(CN1C)OCC(C)(C)CO2. The molecule has 0 aromatic carbocycles. The van der Waals surface area contributed by atoms with Crippen molar-refractivity contribution in [2.24, 2.45) is 5.41 Å². The van der Waals surface area contributed by atoms with Crippen molar-refractivity contribution in [3.05, 3.63) is 0 Å². The van der Waals surface area contributed by atoms with Crippen LogP contribution in [0.3, 0.4) is 0 Å². The Hall–Kier alpha value is -0.120. The molecule has 2 aliphatic heterocycles. The highest BCUT2D eigenvalue weighted by Crippen LogP contribution is 2.37. The van der Waals surface area contributed by atoms with Crippen LogP contribution in [0, 0.1) is 5.41 Å². The summed E-state index contributed by atoms with van der Waals surface area (Å²) in [7, 11) is 2.13. The van der Waals surface area contributed by atoms with Gasteiger partial charge in [-0.1, -0.05) is 13.8 Å². The highest BCUT2D eigenvalue weighted by molar-refractivity contribution is 4.91. The van der Waals surface area contributed by atoms with Crippen LogP contribution < -0.4 is 0 Å². The molecule has 3 nitrogen and oxygen atoms in total. The average Bonchev–Trinajstić information content (AvgIpc) is 2.36. The molecular weight excluding hydrogens is 178 g/mol. The van der Waals surface area contributed by atoms with Gasteiger partial charge in [0, 0.05) is 17.9 Å². The molecule has 0 saturated carbocycles. The predicted molar refractivity (Wildman–Crippen MR) is 55.1 cm³/mol. The number of likely N-dealkylation sites (N-methyl/N-ethyl adjacent to an activating group) is 1. The van der Waals surface area contributed by atoms with Crippen LogP contribution in [0.4, 0.5) is 0 Å². The van der Waals surface area contributed by atoms with Gasteiger partial charge in [-0.25, -0.2) is 0 Å². The molecule has 2 aliphatic rings. The van der Waals surface area contributed by atoms with E-state index < -0.39 is 0 Å². The van der Waals surface area contributed by atoms with Crippen LogP contribution in [-0.2, 0) is 9.47 Å². The van der Waals surface area contributed by atoms with Gasteiger partial charge in [0.1, 0.15) is 0 Å². The van der Waals surface area contributed by atoms with Crippen molar-refractivity contribution in [3.63, 3.8) is 0 Å². The maximum absolute atomic E-state index is 5.92. The Bertz CT molecular complexity index is 205. The van der Waals surface area contributed by atoms with Gasteiger partial charge in [-0.15, -0.1) is 0 Å². The number of nitrogens with zero attached hydrogens (tertiary/aromatic N) is 1. The average molecular weight is 199 g/mol. The zero-order chi connectivity index (χ0) is 10.4. The second-order valence-electron chi connectivity index (χ2n) is 5.62. The molecule has 1 spiro atoms. The lowest BCUT2D eigenvalue weighted by atomic mass is 9.94. The zero-order valence-electron chi connectivity index (χ0n) is 9.67. The van der Waals surface area contributed by atoms with E-state index in [2.05, 4.69) is 32.7 Å². The van der Waals surface area contributed by atoms with Crippen LogP contribution in [0.15, 0.2) is 0 Å². The molecule has 0 aromatic rings. The van der Waals surface area contributed by atoms with Crippen LogP contribution in [0.1, 0.15) is 27.2 Å². The minimum atomic E-state index is -0.302. The first-order valence-corrected chi connectivity index (χ1v) is 5.41. The smallest absolute Gasteiger partial charge is 0.182 e. The number of hydrogen-bond acceptors (Lipinski definition) is 3. The number of rotatable bonds is 0. The molecule has 3 heteroatoms. The van der Waals surface area contributed by atoms with Gasteiger partial charge in [-0.2, -0.15) is 0 Å². The van der Waals surface area contributed by atoms with Crippen LogP contribution in [0.2, 0.25) is 0 Å². The maximum Gasteiger partial charge on any atom is 0.182 e. The van der Waals surface area contributed by atoms with Gasteiger partial charge < -0.3 is 9.47 Å². The monoisotopic (exact) mass is 199 g/mol. The molecule has 0 aliphatic carbocycles. The van der Waals surface area contributed by atoms with E-state index in [9.17, 15) is 0 Å². The van der Waals surface area contributed by atoms with E-state index in [1.807, 2.05) is 0 Å². The van der Waals surface area contributed by atoms with Crippen molar-refractivity contribution in [3.8, 4) is 0 Å². The topological polar surface area (TPSA) is 21.7 Å². The van der Waals surface area contributed by atoms with Crippen molar-refractivity contribution in [2.75, 3.05) is 26.8 Å². The van der Waals surface area contributed by atoms with Crippen LogP contribution in [-0.4, -0.2) is 43.5 Å². The predicted octanol–water partition coefficient (Wildman–Crippen LogP) is 1.48. The molecule has 0 aromatic heterocycles. The third-order valence-electron chi connectivity index (χ3n) is 3.30. The second-order valence-corrected chi connectivity index (χ2v) is 5.62. The van der Waals surface area contributed by atoms with E-state index in [4.69, 9.17) is 9.47 Å². The first-order chi connectivity index (χ1) is 6.43. The molecule has 2 saturated heterocycles. The van der Waals surface area contributed by atoms with Gasteiger partial charge in [-0.05, 0) is 14.0 Å².